The zero-order chi connectivity index (χ0) is 19.5. The molecule has 6 nitrogen and oxygen atoms in total. The first-order valence-electron chi connectivity index (χ1n) is 9.44. The number of aliphatic imine (C=N–C) groups is 1. The summed E-state index contributed by atoms with van der Waals surface area (Å²) < 4.78 is 23.7. The molecule has 1 heterocycles. The molecule has 0 unspecified atom stereocenters. The van der Waals surface area contributed by atoms with Crippen molar-refractivity contribution in [2.24, 2.45) is 4.99 Å². The van der Waals surface area contributed by atoms with Gasteiger partial charge in [-0.1, -0.05) is 19.0 Å². The fourth-order valence-corrected chi connectivity index (χ4v) is 2.33. The van der Waals surface area contributed by atoms with Crippen molar-refractivity contribution >= 4 is 29.9 Å². The number of hydrogen-bond donors (Lipinski definition) is 2. The lowest BCUT2D eigenvalue weighted by Crippen LogP contribution is -2.37. The molecule has 2 rings (SSSR count). The Morgan fingerprint density at radius 3 is 2.61 bits per heavy atom. The molecule has 0 saturated heterocycles. The van der Waals surface area contributed by atoms with Gasteiger partial charge in [-0.25, -0.2) is 9.38 Å². The molecule has 1 aromatic carbocycles. The quantitative estimate of drug-likeness (QED) is 0.216. The minimum absolute atomic E-state index is 0. The third-order valence-electron chi connectivity index (χ3n) is 3.85. The maximum absolute atomic E-state index is 12.8. The summed E-state index contributed by atoms with van der Waals surface area (Å²) in [7, 11) is 0. The van der Waals surface area contributed by atoms with Gasteiger partial charge in [-0.2, -0.15) is 0 Å². The summed E-state index contributed by atoms with van der Waals surface area (Å²) in [5.41, 5.74) is 0.944. The van der Waals surface area contributed by atoms with Crippen molar-refractivity contribution in [3.63, 3.8) is 0 Å². The van der Waals surface area contributed by atoms with Crippen molar-refractivity contribution < 1.29 is 13.7 Å². The average molecular weight is 504 g/mol. The molecule has 156 valence electrons. The lowest BCUT2D eigenvalue weighted by molar-refractivity contribution is 0.306. The summed E-state index contributed by atoms with van der Waals surface area (Å²) in [6, 6.07) is 8.02. The van der Waals surface area contributed by atoms with Crippen LogP contribution in [0.2, 0.25) is 0 Å². The Morgan fingerprint density at radius 2 is 1.96 bits per heavy atom. The number of ether oxygens (including phenoxy) is 1. The van der Waals surface area contributed by atoms with Crippen LogP contribution in [0.25, 0.3) is 0 Å². The second kappa shape index (κ2) is 13.4. The lowest BCUT2D eigenvalue weighted by Gasteiger charge is -2.11. The first-order valence-corrected chi connectivity index (χ1v) is 9.44. The van der Waals surface area contributed by atoms with E-state index in [0.29, 0.717) is 24.8 Å². The van der Waals surface area contributed by atoms with Crippen LogP contribution in [0.15, 0.2) is 39.8 Å². The number of rotatable bonds is 10. The van der Waals surface area contributed by atoms with Crippen LogP contribution in [0.1, 0.15) is 51.0 Å². The van der Waals surface area contributed by atoms with Gasteiger partial charge in [0.05, 0.1) is 12.3 Å². The third kappa shape index (κ3) is 8.90. The molecule has 0 aliphatic carbocycles. The van der Waals surface area contributed by atoms with E-state index in [-0.39, 0.29) is 29.8 Å². The predicted octanol–water partition coefficient (Wildman–Crippen LogP) is 4.47. The molecule has 2 aromatic rings. The number of nitrogens with one attached hydrogen (secondary N) is 2. The van der Waals surface area contributed by atoms with Gasteiger partial charge in [0, 0.05) is 19.2 Å². The number of unbranched alkanes of at least 4 members (excludes halogenated alkanes) is 1. The average Bonchev–Trinajstić information content (AvgIpc) is 3.13. The van der Waals surface area contributed by atoms with Crippen molar-refractivity contribution in [3.8, 4) is 5.75 Å². The minimum atomic E-state index is -0.257. The van der Waals surface area contributed by atoms with Crippen LogP contribution < -0.4 is 15.4 Å². The van der Waals surface area contributed by atoms with E-state index in [0.717, 1.165) is 43.3 Å². The van der Waals surface area contributed by atoms with E-state index in [9.17, 15) is 4.39 Å². The first-order chi connectivity index (χ1) is 13.1. The SMILES string of the molecule is CCNC(=NCc1cc(C(C)C)no1)NCCCCOc1ccc(F)cc1.I. The standard InChI is InChI=1S/C20H29FN4O2.HI/c1-4-22-20(24-14-18-13-19(15(2)3)25-27-18)23-11-5-6-12-26-17-9-7-16(21)8-10-17;/h7-10,13,15H,4-6,11-12,14H2,1-3H3,(H2,22,23,24);1H. The van der Waals surface area contributed by atoms with Crippen molar-refractivity contribution in [1.82, 2.24) is 15.8 Å². The van der Waals surface area contributed by atoms with Crippen LogP contribution in [0.4, 0.5) is 4.39 Å². The first kappa shape index (κ1) is 24.2. The third-order valence-corrected chi connectivity index (χ3v) is 3.85. The topological polar surface area (TPSA) is 71.7 Å². The molecule has 0 aliphatic heterocycles. The smallest absolute Gasteiger partial charge is 0.191 e. The van der Waals surface area contributed by atoms with E-state index < -0.39 is 0 Å². The molecule has 0 bridgehead atoms. The molecule has 0 radical (unpaired) electrons. The zero-order valence-corrected chi connectivity index (χ0v) is 19.0. The van der Waals surface area contributed by atoms with Gasteiger partial charge in [0.25, 0.3) is 0 Å². The predicted molar refractivity (Wildman–Crippen MR) is 120 cm³/mol. The van der Waals surface area contributed by atoms with Crippen LogP contribution in [0.5, 0.6) is 5.75 Å². The summed E-state index contributed by atoms with van der Waals surface area (Å²) in [5.74, 6) is 2.28. The van der Waals surface area contributed by atoms with Crippen LogP contribution in [0, 0.1) is 5.82 Å². The van der Waals surface area contributed by atoms with Crippen LogP contribution in [-0.4, -0.2) is 30.8 Å². The Kier molecular flexibility index (Phi) is 11.5. The van der Waals surface area contributed by atoms with Gasteiger partial charge in [-0.15, -0.1) is 24.0 Å². The maximum atomic E-state index is 12.8. The second-order valence-corrected chi connectivity index (χ2v) is 6.50. The zero-order valence-electron chi connectivity index (χ0n) is 16.7. The Hall–Kier alpha value is -1.84. The van der Waals surface area contributed by atoms with Gasteiger partial charge in [0.1, 0.15) is 18.1 Å². The van der Waals surface area contributed by atoms with Crippen molar-refractivity contribution in [2.75, 3.05) is 19.7 Å². The fraction of sp³-hybridized carbons (Fsp3) is 0.500. The molecule has 8 heteroatoms. The highest BCUT2D eigenvalue weighted by Gasteiger charge is 2.07. The Morgan fingerprint density at radius 1 is 1.21 bits per heavy atom. The molecular formula is C20H30FIN4O2. The number of benzene rings is 1. The van der Waals surface area contributed by atoms with Gasteiger partial charge in [0.2, 0.25) is 0 Å². The molecule has 1 aromatic heterocycles. The van der Waals surface area contributed by atoms with E-state index in [1.165, 1.54) is 12.1 Å². The van der Waals surface area contributed by atoms with Gasteiger partial charge >= 0.3 is 0 Å². The number of guanidine groups is 1. The van der Waals surface area contributed by atoms with E-state index in [1.807, 2.05) is 13.0 Å². The lowest BCUT2D eigenvalue weighted by atomic mass is 10.1. The Bertz CT molecular complexity index is 704. The van der Waals surface area contributed by atoms with Gasteiger partial charge in [-0.3, -0.25) is 0 Å². The summed E-state index contributed by atoms with van der Waals surface area (Å²) in [4.78, 5) is 4.52. The normalized spacial score (nSPS) is 11.2. The molecule has 0 amide bonds. The highest BCUT2D eigenvalue weighted by Crippen LogP contribution is 2.14. The molecule has 28 heavy (non-hydrogen) atoms. The number of aromatic nitrogens is 1. The number of hydrogen-bond acceptors (Lipinski definition) is 4. The highest BCUT2D eigenvalue weighted by atomic mass is 127. The molecule has 0 saturated carbocycles. The summed E-state index contributed by atoms with van der Waals surface area (Å²) in [6.45, 7) is 8.80. The number of nitrogens with zero attached hydrogens (tertiary/aromatic N) is 2. The van der Waals surface area contributed by atoms with Crippen LogP contribution >= 0.6 is 24.0 Å². The molecule has 2 N–H and O–H groups in total. The van der Waals surface area contributed by atoms with E-state index in [1.54, 1.807) is 12.1 Å². The van der Waals surface area contributed by atoms with Gasteiger partial charge in [-0.05, 0) is 49.9 Å². The van der Waals surface area contributed by atoms with Crippen molar-refractivity contribution in [2.45, 2.75) is 46.1 Å². The molecule has 0 fully saturated rings. The molecular weight excluding hydrogens is 474 g/mol. The van der Waals surface area contributed by atoms with Crippen molar-refractivity contribution in [3.05, 3.63) is 47.6 Å². The summed E-state index contributed by atoms with van der Waals surface area (Å²) >= 11 is 0. The highest BCUT2D eigenvalue weighted by molar-refractivity contribution is 14.0. The van der Waals surface area contributed by atoms with Gasteiger partial charge < -0.3 is 19.9 Å². The van der Waals surface area contributed by atoms with E-state index in [2.05, 4.69) is 34.6 Å². The number of halogens is 2. The summed E-state index contributed by atoms with van der Waals surface area (Å²) in [6.07, 6.45) is 1.83. The Balaban J connectivity index is 0.00000392. The van der Waals surface area contributed by atoms with Crippen LogP contribution in [0.3, 0.4) is 0 Å². The van der Waals surface area contributed by atoms with Gasteiger partial charge in [0.15, 0.2) is 11.7 Å². The summed E-state index contributed by atoms with van der Waals surface area (Å²) in [5, 5.41) is 10.6. The molecule has 0 atom stereocenters. The van der Waals surface area contributed by atoms with E-state index in [4.69, 9.17) is 9.26 Å². The minimum Gasteiger partial charge on any atom is -0.494 e. The maximum Gasteiger partial charge on any atom is 0.191 e. The Labute approximate surface area is 183 Å². The fourth-order valence-electron chi connectivity index (χ4n) is 2.33. The van der Waals surface area contributed by atoms with Crippen molar-refractivity contribution in [1.29, 1.82) is 0 Å². The monoisotopic (exact) mass is 504 g/mol. The second-order valence-electron chi connectivity index (χ2n) is 6.50. The molecule has 0 aliphatic rings. The van der Waals surface area contributed by atoms with E-state index >= 15 is 0 Å². The van der Waals surface area contributed by atoms with Crippen LogP contribution in [-0.2, 0) is 6.54 Å². The largest absolute Gasteiger partial charge is 0.494 e. The molecule has 0 spiro atoms.